The largest absolute Gasteiger partial charge is 0.497 e. The first-order chi connectivity index (χ1) is 13.7. The number of benzene rings is 2. The first kappa shape index (κ1) is 22.2. The van der Waals surface area contributed by atoms with Crippen LogP contribution in [0.4, 0.5) is 5.69 Å². The van der Waals surface area contributed by atoms with Gasteiger partial charge in [-0.1, -0.05) is 17.7 Å². The van der Waals surface area contributed by atoms with E-state index in [1.54, 1.807) is 30.3 Å². The van der Waals surface area contributed by atoms with E-state index in [9.17, 15) is 18.0 Å². The molecule has 0 bridgehead atoms. The van der Waals surface area contributed by atoms with Crippen LogP contribution in [0.2, 0.25) is 0 Å². The summed E-state index contributed by atoms with van der Waals surface area (Å²) in [6, 6.07) is 11.0. The van der Waals surface area contributed by atoms with E-state index >= 15 is 0 Å². The minimum Gasteiger partial charge on any atom is -0.497 e. The van der Waals surface area contributed by atoms with Crippen LogP contribution in [0.5, 0.6) is 11.5 Å². The van der Waals surface area contributed by atoms with Crippen molar-refractivity contribution in [3.05, 3.63) is 48.0 Å². The van der Waals surface area contributed by atoms with E-state index in [1.807, 2.05) is 6.92 Å². The van der Waals surface area contributed by atoms with Crippen LogP contribution in [0.15, 0.2) is 47.4 Å². The standard InChI is InChI=1S/C19H22N2O7S/c1-13-4-7-15(8-5-13)29(24,25)20-11-19(23)28-12-18(22)21-16-10-14(26-2)6-9-17(16)27-3/h4-10,20H,11-12H2,1-3H3,(H,21,22). The smallest absolute Gasteiger partial charge is 0.321 e. The molecule has 0 saturated heterocycles. The van der Waals surface area contributed by atoms with Crippen molar-refractivity contribution in [2.75, 3.05) is 32.7 Å². The molecule has 0 aromatic heterocycles. The fourth-order valence-electron chi connectivity index (χ4n) is 2.25. The molecule has 1 amide bonds. The van der Waals surface area contributed by atoms with E-state index in [2.05, 4.69) is 10.0 Å². The second kappa shape index (κ2) is 9.89. The number of esters is 1. The number of ether oxygens (including phenoxy) is 3. The Morgan fingerprint density at radius 3 is 2.31 bits per heavy atom. The summed E-state index contributed by atoms with van der Waals surface area (Å²) in [5.74, 6) is -0.611. The molecule has 0 spiro atoms. The summed E-state index contributed by atoms with van der Waals surface area (Å²) in [7, 11) is -0.937. The van der Waals surface area contributed by atoms with E-state index in [0.717, 1.165) is 5.56 Å². The summed E-state index contributed by atoms with van der Waals surface area (Å²) in [6.45, 7) is 0.630. The van der Waals surface area contributed by atoms with Crippen LogP contribution in [-0.2, 0) is 24.3 Å². The average Bonchev–Trinajstić information content (AvgIpc) is 2.71. The number of aryl methyl sites for hydroxylation is 1. The molecule has 0 radical (unpaired) electrons. The molecule has 0 saturated carbocycles. The van der Waals surface area contributed by atoms with Crippen molar-refractivity contribution < 1.29 is 32.2 Å². The highest BCUT2D eigenvalue weighted by Crippen LogP contribution is 2.28. The molecule has 0 atom stereocenters. The van der Waals surface area contributed by atoms with Crippen molar-refractivity contribution in [1.29, 1.82) is 0 Å². The molecule has 0 heterocycles. The number of hydrogen-bond acceptors (Lipinski definition) is 7. The zero-order chi connectivity index (χ0) is 21.4. The summed E-state index contributed by atoms with van der Waals surface area (Å²) >= 11 is 0. The van der Waals surface area contributed by atoms with Gasteiger partial charge in [-0.15, -0.1) is 0 Å². The average molecular weight is 422 g/mol. The lowest BCUT2D eigenvalue weighted by Crippen LogP contribution is -2.32. The fourth-order valence-corrected chi connectivity index (χ4v) is 3.22. The quantitative estimate of drug-likeness (QED) is 0.587. The molecule has 0 unspecified atom stereocenters. The van der Waals surface area contributed by atoms with Gasteiger partial charge in [-0.2, -0.15) is 4.72 Å². The third-order valence-electron chi connectivity index (χ3n) is 3.78. The Morgan fingerprint density at radius 2 is 1.69 bits per heavy atom. The van der Waals surface area contributed by atoms with Gasteiger partial charge in [-0.3, -0.25) is 9.59 Å². The van der Waals surface area contributed by atoms with Crippen molar-refractivity contribution in [2.45, 2.75) is 11.8 Å². The van der Waals surface area contributed by atoms with Crippen LogP contribution in [0.25, 0.3) is 0 Å². The number of sulfonamides is 1. The second-order valence-electron chi connectivity index (χ2n) is 5.91. The maximum Gasteiger partial charge on any atom is 0.321 e. The molecule has 0 fully saturated rings. The number of methoxy groups -OCH3 is 2. The lowest BCUT2D eigenvalue weighted by Gasteiger charge is -2.12. The molecule has 2 aromatic carbocycles. The molecular formula is C19H22N2O7S. The summed E-state index contributed by atoms with van der Waals surface area (Å²) in [5, 5.41) is 2.54. The normalized spacial score (nSPS) is 10.9. The molecule has 156 valence electrons. The Labute approximate surface area is 169 Å². The van der Waals surface area contributed by atoms with Crippen LogP contribution in [0.1, 0.15) is 5.56 Å². The monoisotopic (exact) mass is 422 g/mol. The molecule has 2 N–H and O–H groups in total. The van der Waals surface area contributed by atoms with Crippen LogP contribution in [0.3, 0.4) is 0 Å². The molecule has 0 aliphatic carbocycles. The number of anilines is 1. The lowest BCUT2D eigenvalue weighted by molar-refractivity contribution is -0.146. The summed E-state index contributed by atoms with van der Waals surface area (Å²) < 4.78 is 41.4. The Morgan fingerprint density at radius 1 is 1.00 bits per heavy atom. The number of carbonyl (C=O) groups excluding carboxylic acids is 2. The first-order valence-electron chi connectivity index (χ1n) is 8.49. The van der Waals surface area contributed by atoms with Crippen LogP contribution in [0, 0.1) is 6.92 Å². The number of amides is 1. The van der Waals surface area contributed by atoms with Crippen LogP contribution in [-0.4, -0.2) is 47.7 Å². The zero-order valence-electron chi connectivity index (χ0n) is 16.2. The number of carbonyl (C=O) groups is 2. The Hall–Kier alpha value is -3.11. The van der Waals surface area contributed by atoms with Crippen molar-refractivity contribution in [1.82, 2.24) is 4.72 Å². The van der Waals surface area contributed by atoms with Gasteiger partial charge in [0.05, 0.1) is 24.8 Å². The predicted octanol–water partition coefficient (Wildman–Crippen LogP) is 1.47. The van der Waals surface area contributed by atoms with Crippen molar-refractivity contribution in [2.24, 2.45) is 0 Å². The third-order valence-corrected chi connectivity index (χ3v) is 5.20. The maximum absolute atomic E-state index is 12.1. The van der Waals surface area contributed by atoms with Gasteiger partial charge in [0.25, 0.3) is 5.91 Å². The minimum atomic E-state index is -3.86. The molecule has 0 aliphatic heterocycles. The number of hydrogen-bond donors (Lipinski definition) is 2. The SMILES string of the molecule is COc1ccc(OC)c(NC(=O)COC(=O)CNS(=O)(=O)c2ccc(C)cc2)c1. The van der Waals surface area contributed by atoms with Gasteiger partial charge in [0.2, 0.25) is 10.0 Å². The number of rotatable bonds is 9. The highest BCUT2D eigenvalue weighted by Gasteiger charge is 2.17. The zero-order valence-corrected chi connectivity index (χ0v) is 17.0. The van der Waals surface area contributed by atoms with Gasteiger partial charge in [0.1, 0.15) is 18.0 Å². The molecule has 2 aromatic rings. The number of nitrogens with one attached hydrogen (secondary N) is 2. The Kier molecular flexibility index (Phi) is 7.57. The predicted molar refractivity (Wildman–Crippen MR) is 106 cm³/mol. The van der Waals surface area contributed by atoms with Gasteiger partial charge in [-0.05, 0) is 31.2 Å². The first-order valence-corrected chi connectivity index (χ1v) is 9.97. The highest BCUT2D eigenvalue weighted by molar-refractivity contribution is 7.89. The molecular weight excluding hydrogens is 400 g/mol. The molecule has 10 heteroatoms. The summed E-state index contributed by atoms with van der Waals surface area (Å²) in [6.07, 6.45) is 0. The van der Waals surface area contributed by atoms with E-state index in [0.29, 0.717) is 17.2 Å². The lowest BCUT2D eigenvalue weighted by atomic mass is 10.2. The minimum absolute atomic E-state index is 0.0266. The molecule has 2 rings (SSSR count). The van der Waals surface area contributed by atoms with Gasteiger partial charge >= 0.3 is 5.97 Å². The Balaban J connectivity index is 1.86. The van der Waals surface area contributed by atoms with Gasteiger partial charge in [0, 0.05) is 6.07 Å². The summed E-state index contributed by atoms with van der Waals surface area (Å²) in [4.78, 5) is 23.8. The topological polar surface area (TPSA) is 120 Å². The van der Waals surface area contributed by atoms with Gasteiger partial charge in [0.15, 0.2) is 6.61 Å². The third kappa shape index (κ3) is 6.47. The van der Waals surface area contributed by atoms with Crippen molar-refractivity contribution in [3.8, 4) is 11.5 Å². The van der Waals surface area contributed by atoms with Gasteiger partial charge < -0.3 is 19.5 Å². The Bertz CT molecular complexity index is 973. The van der Waals surface area contributed by atoms with E-state index in [-0.39, 0.29) is 4.90 Å². The van der Waals surface area contributed by atoms with Crippen molar-refractivity contribution >= 4 is 27.6 Å². The second-order valence-corrected chi connectivity index (χ2v) is 7.68. The van der Waals surface area contributed by atoms with Crippen LogP contribution < -0.4 is 19.5 Å². The van der Waals surface area contributed by atoms with Crippen LogP contribution >= 0.6 is 0 Å². The molecule has 0 aliphatic rings. The van der Waals surface area contributed by atoms with Crippen molar-refractivity contribution in [3.63, 3.8) is 0 Å². The summed E-state index contributed by atoms with van der Waals surface area (Å²) in [5.41, 5.74) is 1.25. The van der Waals surface area contributed by atoms with E-state index in [4.69, 9.17) is 14.2 Å². The van der Waals surface area contributed by atoms with Gasteiger partial charge in [-0.25, -0.2) is 8.42 Å². The fraction of sp³-hybridized carbons (Fsp3) is 0.263. The van der Waals surface area contributed by atoms with E-state index < -0.39 is 35.1 Å². The highest BCUT2D eigenvalue weighted by atomic mass is 32.2. The molecule has 9 nitrogen and oxygen atoms in total. The maximum atomic E-state index is 12.1. The van der Waals surface area contributed by atoms with E-state index in [1.165, 1.54) is 26.4 Å². The molecule has 29 heavy (non-hydrogen) atoms.